The van der Waals surface area contributed by atoms with E-state index in [1.54, 1.807) is 0 Å². The van der Waals surface area contributed by atoms with Gasteiger partial charge in [0.1, 0.15) is 0 Å². The molecular weight excluding hydrogens is 216 g/mol. The van der Waals surface area contributed by atoms with Crippen LogP contribution in [-0.4, -0.2) is 24.0 Å². The van der Waals surface area contributed by atoms with Crippen LogP contribution in [0.5, 0.6) is 0 Å². The van der Waals surface area contributed by atoms with Crippen molar-refractivity contribution in [2.75, 3.05) is 6.26 Å². The standard InChI is InChI=1S/C10H14O4S/c1-5-6(15-4)7-8(11)13-10(2,3)14-9(7)12/h5H2,1-4H3. The number of ether oxygens (including phenoxy) is 2. The number of carbonyl (C=O) groups excluding carboxylic acids is 2. The summed E-state index contributed by atoms with van der Waals surface area (Å²) in [6.07, 6.45) is 2.42. The van der Waals surface area contributed by atoms with Crippen molar-refractivity contribution in [1.82, 2.24) is 0 Å². The Bertz CT molecular complexity index is 302. The van der Waals surface area contributed by atoms with Gasteiger partial charge in [-0.15, -0.1) is 11.8 Å². The van der Waals surface area contributed by atoms with E-state index in [9.17, 15) is 9.59 Å². The van der Waals surface area contributed by atoms with E-state index < -0.39 is 17.7 Å². The molecule has 0 saturated carbocycles. The fourth-order valence-corrected chi connectivity index (χ4v) is 1.96. The third kappa shape index (κ3) is 2.53. The molecule has 1 rings (SSSR count). The zero-order valence-electron chi connectivity index (χ0n) is 9.25. The van der Waals surface area contributed by atoms with Crippen molar-refractivity contribution in [1.29, 1.82) is 0 Å². The third-order valence-corrected chi connectivity index (χ3v) is 2.92. The molecule has 0 aromatic heterocycles. The lowest BCUT2D eigenvalue weighted by molar-refractivity contribution is -0.222. The van der Waals surface area contributed by atoms with E-state index in [0.717, 1.165) is 0 Å². The summed E-state index contributed by atoms with van der Waals surface area (Å²) < 4.78 is 9.98. The number of cyclic esters (lactones) is 2. The molecule has 0 aliphatic carbocycles. The maximum atomic E-state index is 11.6. The highest BCUT2D eigenvalue weighted by molar-refractivity contribution is 8.02. The monoisotopic (exact) mass is 230 g/mol. The van der Waals surface area contributed by atoms with Crippen LogP contribution >= 0.6 is 11.8 Å². The van der Waals surface area contributed by atoms with E-state index in [2.05, 4.69) is 0 Å². The van der Waals surface area contributed by atoms with Crippen LogP contribution in [0.25, 0.3) is 0 Å². The normalized spacial score (nSPS) is 19.6. The Morgan fingerprint density at radius 1 is 1.27 bits per heavy atom. The zero-order valence-corrected chi connectivity index (χ0v) is 10.1. The number of carbonyl (C=O) groups is 2. The minimum Gasteiger partial charge on any atom is -0.419 e. The molecule has 0 unspecified atom stereocenters. The molecule has 1 aliphatic heterocycles. The summed E-state index contributed by atoms with van der Waals surface area (Å²) in [5.41, 5.74) is 0.0318. The van der Waals surface area contributed by atoms with Gasteiger partial charge in [0.05, 0.1) is 0 Å². The van der Waals surface area contributed by atoms with Crippen LogP contribution in [0.2, 0.25) is 0 Å². The number of hydrogen-bond donors (Lipinski definition) is 0. The Labute approximate surface area is 93.0 Å². The average Bonchev–Trinajstić information content (AvgIpc) is 2.09. The number of rotatable bonds is 2. The molecule has 4 nitrogen and oxygen atoms in total. The minimum atomic E-state index is -1.16. The molecule has 1 aliphatic rings. The summed E-state index contributed by atoms with van der Waals surface area (Å²) in [5, 5.41) is 0. The molecule has 0 bridgehead atoms. The summed E-state index contributed by atoms with van der Waals surface area (Å²) in [4.78, 5) is 23.9. The van der Waals surface area contributed by atoms with E-state index in [1.165, 1.54) is 25.6 Å². The summed E-state index contributed by atoms with van der Waals surface area (Å²) in [6, 6.07) is 0. The molecule has 0 atom stereocenters. The van der Waals surface area contributed by atoms with E-state index >= 15 is 0 Å². The van der Waals surface area contributed by atoms with Crippen LogP contribution < -0.4 is 0 Å². The molecule has 5 heteroatoms. The van der Waals surface area contributed by atoms with Gasteiger partial charge in [0.2, 0.25) is 0 Å². The Hall–Kier alpha value is -0.970. The molecule has 0 radical (unpaired) electrons. The van der Waals surface area contributed by atoms with Crippen LogP contribution in [0, 0.1) is 0 Å². The van der Waals surface area contributed by atoms with Crippen molar-refractivity contribution >= 4 is 23.7 Å². The number of allylic oxidation sites excluding steroid dienone is 1. The molecular formula is C10H14O4S. The lowest BCUT2D eigenvalue weighted by Gasteiger charge is -2.30. The number of thioether (sulfide) groups is 1. The molecule has 0 N–H and O–H groups in total. The fraction of sp³-hybridized carbons (Fsp3) is 0.600. The SMILES string of the molecule is CCC(SC)=C1C(=O)OC(C)(C)OC1=O. The van der Waals surface area contributed by atoms with Crippen molar-refractivity contribution in [3.8, 4) is 0 Å². The highest BCUT2D eigenvalue weighted by atomic mass is 32.2. The van der Waals surface area contributed by atoms with Crippen LogP contribution in [0.1, 0.15) is 27.2 Å². The maximum absolute atomic E-state index is 11.6. The summed E-state index contributed by atoms with van der Waals surface area (Å²) in [6.45, 7) is 4.94. The third-order valence-electron chi connectivity index (χ3n) is 1.93. The van der Waals surface area contributed by atoms with E-state index in [4.69, 9.17) is 9.47 Å². The van der Waals surface area contributed by atoms with Gasteiger partial charge in [-0.25, -0.2) is 9.59 Å². The Morgan fingerprint density at radius 2 is 1.73 bits per heavy atom. The first-order valence-corrected chi connectivity index (χ1v) is 5.87. The quantitative estimate of drug-likeness (QED) is 0.411. The smallest absolute Gasteiger partial charge is 0.349 e. The number of hydrogen-bond acceptors (Lipinski definition) is 5. The molecule has 1 heterocycles. The van der Waals surface area contributed by atoms with Crippen molar-refractivity contribution in [3.63, 3.8) is 0 Å². The van der Waals surface area contributed by atoms with Gasteiger partial charge in [-0.05, 0) is 12.7 Å². The second kappa shape index (κ2) is 4.26. The van der Waals surface area contributed by atoms with E-state index in [0.29, 0.717) is 11.3 Å². The highest BCUT2D eigenvalue weighted by Crippen LogP contribution is 2.29. The lowest BCUT2D eigenvalue weighted by atomic mass is 10.2. The zero-order chi connectivity index (χ0) is 11.6. The van der Waals surface area contributed by atoms with Crippen LogP contribution in [0.15, 0.2) is 10.5 Å². The van der Waals surface area contributed by atoms with Gasteiger partial charge in [-0.2, -0.15) is 0 Å². The second-order valence-corrected chi connectivity index (χ2v) is 4.44. The van der Waals surface area contributed by atoms with Gasteiger partial charge < -0.3 is 9.47 Å². The first-order chi connectivity index (χ1) is 6.91. The van der Waals surface area contributed by atoms with Crippen molar-refractivity contribution < 1.29 is 19.1 Å². The van der Waals surface area contributed by atoms with Gasteiger partial charge in [-0.1, -0.05) is 6.92 Å². The van der Waals surface area contributed by atoms with Gasteiger partial charge in [0.25, 0.3) is 5.79 Å². The minimum absolute atomic E-state index is 0.0318. The second-order valence-electron chi connectivity index (χ2n) is 3.53. The first-order valence-electron chi connectivity index (χ1n) is 4.65. The van der Waals surface area contributed by atoms with Crippen LogP contribution in [-0.2, 0) is 19.1 Å². The lowest BCUT2D eigenvalue weighted by Crippen LogP contribution is -2.42. The fourth-order valence-electron chi connectivity index (χ4n) is 1.30. The van der Waals surface area contributed by atoms with Crippen molar-refractivity contribution in [2.24, 2.45) is 0 Å². The van der Waals surface area contributed by atoms with Crippen molar-refractivity contribution in [2.45, 2.75) is 33.0 Å². The van der Waals surface area contributed by atoms with Gasteiger partial charge in [0, 0.05) is 18.8 Å². The molecule has 0 spiro atoms. The molecule has 84 valence electrons. The Morgan fingerprint density at radius 3 is 2.07 bits per heavy atom. The summed E-state index contributed by atoms with van der Waals surface area (Å²) in [7, 11) is 0. The largest absolute Gasteiger partial charge is 0.419 e. The Balaban J connectivity index is 3.08. The van der Waals surface area contributed by atoms with Gasteiger partial charge in [0.15, 0.2) is 5.57 Å². The van der Waals surface area contributed by atoms with Crippen LogP contribution in [0.4, 0.5) is 0 Å². The van der Waals surface area contributed by atoms with E-state index in [1.807, 2.05) is 13.2 Å². The predicted molar refractivity (Wildman–Crippen MR) is 57.1 cm³/mol. The van der Waals surface area contributed by atoms with Gasteiger partial charge in [-0.3, -0.25) is 0 Å². The highest BCUT2D eigenvalue weighted by Gasteiger charge is 2.40. The molecule has 1 fully saturated rings. The predicted octanol–water partition coefficient (Wildman–Crippen LogP) is 1.85. The maximum Gasteiger partial charge on any atom is 0.349 e. The van der Waals surface area contributed by atoms with Crippen LogP contribution in [0.3, 0.4) is 0 Å². The van der Waals surface area contributed by atoms with Crippen molar-refractivity contribution in [3.05, 3.63) is 10.5 Å². The molecule has 1 saturated heterocycles. The average molecular weight is 230 g/mol. The first kappa shape index (κ1) is 12.1. The molecule has 0 aromatic carbocycles. The number of esters is 2. The van der Waals surface area contributed by atoms with Gasteiger partial charge >= 0.3 is 11.9 Å². The van der Waals surface area contributed by atoms with E-state index in [-0.39, 0.29) is 5.57 Å². The topological polar surface area (TPSA) is 52.6 Å². The summed E-state index contributed by atoms with van der Waals surface area (Å²) in [5.74, 6) is -2.35. The molecule has 0 aromatic rings. The molecule has 15 heavy (non-hydrogen) atoms. The Kier molecular flexibility index (Phi) is 3.44. The summed E-state index contributed by atoms with van der Waals surface area (Å²) >= 11 is 1.36. The molecule has 0 amide bonds.